The van der Waals surface area contributed by atoms with Gasteiger partial charge in [0.1, 0.15) is 6.61 Å². The molecule has 0 heterocycles. The normalized spacial score (nSPS) is 10.0. The van der Waals surface area contributed by atoms with Crippen LogP contribution in [0.1, 0.15) is 0 Å². The number of carbonyl (C=O) groups is 1. The molecule has 0 unspecified atom stereocenters. The Balaban J connectivity index is 1.75. The Kier molecular flexibility index (Phi) is 5.74. The second kappa shape index (κ2) is 7.98. The maximum absolute atomic E-state index is 13.0. The quantitative estimate of drug-likeness (QED) is 0.803. The minimum Gasteiger partial charge on any atom is -0.493 e. The number of amides is 2. The number of ether oxygens (including phenoxy) is 2. The van der Waals surface area contributed by atoms with Crippen molar-refractivity contribution in [3.8, 4) is 11.5 Å². The van der Waals surface area contributed by atoms with Gasteiger partial charge in [0.15, 0.2) is 23.1 Å². The average Bonchev–Trinajstić information content (AvgIpc) is 2.55. The maximum atomic E-state index is 13.0. The summed E-state index contributed by atoms with van der Waals surface area (Å²) in [6, 6.07) is 9.71. The smallest absolute Gasteiger partial charge is 0.319 e. The van der Waals surface area contributed by atoms with Gasteiger partial charge in [-0.3, -0.25) is 0 Å². The fraction of sp³-hybridized carbons (Fsp3) is 0.188. The number of urea groups is 1. The zero-order chi connectivity index (χ0) is 16.7. The molecule has 0 aliphatic rings. The Morgan fingerprint density at radius 3 is 2.52 bits per heavy atom. The molecule has 0 saturated carbocycles. The van der Waals surface area contributed by atoms with E-state index in [0.717, 1.165) is 12.1 Å². The zero-order valence-electron chi connectivity index (χ0n) is 12.4. The van der Waals surface area contributed by atoms with E-state index in [1.165, 1.54) is 13.2 Å². The van der Waals surface area contributed by atoms with Gasteiger partial charge in [-0.1, -0.05) is 12.1 Å². The van der Waals surface area contributed by atoms with E-state index in [9.17, 15) is 13.6 Å². The number of rotatable bonds is 6. The number of carbonyl (C=O) groups excluding carboxylic acids is 1. The van der Waals surface area contributed by atoms with Crippen LogP contribution in [0.3, 0.4) is 0 Å². The molecule has 122 valence electrons. The van der Waals surface area contributed by atoms with Gasteiger partial charge in [0.2, 0.25) is 0 Å². The lowest BCUT2D eigenvalue weighted by atomic mass is 10.3. The fourth-order valence-corrected chi connectivity index (χ4v) is 1.81. The van der Waals surface area contributed by atoms with Gasteiger partial charge >= 0.3 is 6.03 Å². The molecule has 2 aromatic rings. The summed E-state index contributed by atoms with van der Waals surface area (Å²) in [6.45, 7) is 0.457. The van der Waals surface area contributed by atoms with Gasteiger partial charge in [-0.15, -0.1) is 0 Å². The monoisotopic (exact) mass is 322 g/mol. The second-order valence-electron chi connectivity index (χ2n) is 4.51. The Morgan fingerprint density at radius 1 is 1.09 bits per heavy atom. The lowest BCUT2D eigenvalue weighted by molar-refractivity contribution is 0.246. The van der Waals surface area contributed by atoms with Gasteiger partial charge in [-0.2, -0.15) is 0 Å². The maximum Gasteiger partial charge on any atom is 0.319 e. The van der Waals surface area contributed by atoms with Gasteiger partial charge in [0.25, 0.3) is 0 Å². The molecule has 0 fully saturated rings. The molecular formula is C16H16F2N2O3. The number of halogens is 2. The third-order valence-electron chi connectivity index (χ3n) is 2.89. The van der Waals surface area contributed by atoms with E-state index in [0.29, 0.717) is 11.5 Å². The number of anilines is 1. The van der Waals surface area contributed by atoms with Crippen LogP contribution in [0.4, 0.5) is 19.3 Å². The van der Waals surface area contributed by atoms with Crippen molar-refractivity contribution in [1.29, 1.82) is 0 Å². The molecule has 0 saturated heterocycles. The molecule has 0 aromatic heterocycles. The highest BCUT2D eigenvalue weighted by molar-refractivity contribution is 5.89. The zero-order valence-corrected chi connectivity index (χ0v) is 12.4. The molecule has 0 bridgehead atoms. The number of para-hydroxylation sites is 2. The summed E-state index contributed by atoms with van der Waals surface area (Å²) in [5.41, 5.74) is 0.159. The molecule has 5 nitrogen and oxygen atoms in total. The van der Waals surface area contributed by atoms with E-state index in [4.69, 9.17) is 9.47 Å². The minimum atomic E-state index is -1.03. The van der Waals surface area contributed by atoms with Crippen LogP contribution in [0.15, 0.2) is 42.5 Å². The molecule has 7 heteroatoms. The van der Waals surface area contributed by atoms with Crippen molar-refractivity contribution in [2.75, 3.05) is 25.6 Å². The molecule has 23 heavy (non-hydrogen) atoms. The van der Waals surface area contributed by atoms with Gasteiger partial charge in [0.05, 0.1) is 13.7 Å². The number of methoxy groups -OCH3 is 1. The van der Waals surface area contributed by atoms with Gasteiger partial charge < -0.3 is 20.1 Å². The molecule has 2 rings (SSSR count). The van der Waals surface area contributed by atoms with Crippen LogP contribution in [0.25, 0.3) is 0 Å². The van der Waals surface area contributed by atoms with E-state index in [-0.39, 0.29) is 18.8 Å². The lowest BCUT2D eigenvalue weighted by Crippen LogP contribution is -2.32. The van der Waals surface area contributed by atoms with Crippen molar-refractivity contribution in [3.05, 3.63) is 54.1 Å². The molecule has 0 aliphatic heterocycles. The van der Waals surface area contributed by atoms with Crippen LogP contribution >= 0.6 is 0 Å². The van der Waals surface area contributed by atoms with E-state index >= 15 is 0 Å². The van der Waals surface area contributed by atoms with Gasteiger partial charge in [-0.25, -0.2) is 13.6 Å². The highest BCUT2D eigenvalue weighted by Gasteiger charge is 2.06. The first-order valence-corrected chi connectivity index (χ1v) is 6.86. The SMILES string of the molecule is COc1ccccc1OCCNC(=O)Nc1ccc(F)c(F)c1. The summed E-state index contributed by atoms with van der Waals surface area (Å²) in [6.07, 6.45) is 0. The first kappa shape index (κ1) is 16.5. The highest BCUT2D eigenvalue weighted by Crippen LogP contribution is 2.25. The summed E-state index contributed by atoms with van der Waals surface area (Å²) >= 11 is 0. The van der Waals surface area contributed by atoms with Gasteiger partial charge in [-0.05, 0) is 24.3 Å². The third kappa shape index (κ3) is 4.84. The molecule has 0 aliphatic carbocycles. The first-order chi connectivity index (χ1) is 11.1. The third-order valence-corrected chi connectivity index (χ3v) is 2.89. The van der Waals surface area contributed by atoms with E-state index in [2.05, 4.69) is 10.6 Å². The number of nitrogens with one attached hydrogen (secondary N) is 2. The Hall–Kier alpha value is -2.83. The molecule has 2 aromatic carbocycles. The highest BCUT2D eigenvalue weighted by atomic mass is 19.2. The Bertz CT molecular complexity index is 680. The molecule has 2 N–H and O–H groups in total. The summed E-state index contributed by atoms with van der Waals surface area (Å²) < 4.78 is 36.4. The van der Waals surface area contributed by atoms with Crippen LogP contribution in [-0.2, 0) is 0 Å². The second-order valence-corrected chi connectivity index (χ2v) is 4.51. The van der Waals surface area contributed by atoms with Crippen LogP contribution in [-0.4, -0.2) is 26.3 Å². The number of benzene rings is 2. The first-order valence-electron chi connectivity index (χ1n) is 6.86. The van der Waals surface area contributed by atoms with E-state index < -0.39 is 17.7 Å². The number of hydrogen-bond donors (Lipinski definition) is 2. The van der Waals surface area contributed by atoms with E-state index in [1.54, 1.807) is 18.2 Å². The van der Waals surface area contributed by atoms with Crippen molar-refractivity contribution in [2.24, 2.45) is 0 Å². The average molecular weight is 322 g/mol. The Morgan fingerprint density at radius 2 is 1.83 bits per heavy atom. The molecule has 0 spiro atoms. The summed E-state index contributed by atoms with van der Waals surface area (Å²) in [4.78, 5) is 11.6. The van der Waals surface area contributed by atoms with Crippen molar-refractivity contribution < 1.29 is 23.0 Å². The predicted octanol–water partition coefficient (Wildman–Crippen LogP) is 3.17. The largest absolute Gasteiger partial charge is 0.493 e. The summed E-state index contributed by atoms with van der Waals surface area (Å²) in [7, 11) is 1.54. The minimum absolute atomic E-state index is 0.159. The van der Waals surface area contributed by atoms with Crippen LogP contribution < -0.4 is 20.1 Å². The fourth-order valence-electron chi connectivity index (χ4n) is 1.81. The lowest BCUT2D eigenvalue weighted by Gasteiger charge is -2.11. The van der Waals surface area contributed by atoms with Crippen LogP contribution in [0.5, 0.6) is 11.5 Å². The molecule has 0 radical (unpaired) electrons. The van der Waals surface area contributed by atoms with E-state index in [1.807, 2.05) is 6.07 Å². The van der Waals surface area contributed by atoms with Crippen LogP contribution in [0.2, 0.25) is 0 Å². The van der Waals surface area contributed by atoms with Crippen molar-refractivity contribution in [1.82, 2.24) is 5.32 Å². The molecule has 0 atom stereocenters. The molecule has 2 amide bonds. The number of hydrogen-bond acceptors (Lipinski definition) is 3. The van der Waals surface area contributed by atoms with Crippen LogP contribution in [0, 0.1) is 11.6 Å². The summed E-state index contributed by atoms with van der Waals surface area (Å²) in [5.74, 6) is -0.833. The standard InChI is InChI=1S/C16H16F2N2O3/c1-22-14-4-2-3-5-15(14)23-9-8-19-16(21)20-11-6-7-12(17)13(18)10-11/h2-7,10H,8-9H2,1H3,(H2,19,20,21). The topological polar surface area (TPSA) is 59.6 Å². The molecular weight excluding hydrogens is 306 g/mol. The van der Waals surface area contributed by atoms with Gasteiger partial charge in [0, 0.05) is 11.8 Å². The van der Waals surface area contributed by atoms with Crippen molar-refractivity contribution in [2.45, 2.75) is 0 Å². The van der Waals surface area contributed by atoms with Crippen molar-refractivity contribution >= 4 is 11.7 Å². The van der Waals surface area contributed by atoms with Crippen molar-refractivity contribution in [3.63, 3.8) is 0 Å². The predicted molar refractivity (Wildman–Crippen MR) is 81.9 cm³/mol. The Labute approximate surface area is 132 Å². The summed E-state index contributed by atoms with van der Waals surface area (Å²) in [5, 5.41) is 4.94.